The molecule has 0 aliphatic carbocycles. The van der Waals surface area contributed by atoms with E-state index in [0.29, 0.717) is 0 Å². The fourth-order valence-corrected chi connectivity index (χ4v) is 9.17. The number of hydrogen-bond donors (Lipinski definition) is 1. The molecule has 3 nitrogen and oxygen atoms in total. The maximum absolute atomic E-state index is 11.5. The first-order valence-corrected chi connectivity index (χ1v) is 19.0. The molecular formula is C27H50O3Si2. The number of hydrogen-bond acceptors (Lipinski definition) is 3. The molecule has 1 atom stereocenters. The average Bonchev–Trinajstić information content (AvgIpc) is 2.78. The van der Waals surface area contributed by atoms with Gasteiger partial charge in [0.25, 0.3) is 0 Å². The van der Waals surface area contributed by atoms with Crippen LogP contribution in [0.3, 0.4) is 0 Å². The Morgan fingerprint density at radius 2 is 1.38 bits per heavy atom. The first-order valence-electron chi connectivity index (χ1n) is 12.9. The monoisotopic (exact) mass is 478 g/mol. The molecule has 0 radical (unpaired) electrons. The Bertz CT molecular complexity index is 665. The quantitative estimate of drug-likeness (QED) is 0.147. The second kappa shape index (κ2) is 14.3. The van der Waals surface area contributed by atoms with Crippen LogP contribution >= 0.6 is 0 Å². The zero-order valence-electron chi connectivity index (χ0n) is 22.2. The minimum absolute atomic E-state index is 0.429. The molecule has 0 aromatic heterocycles. The molecule has 1 rings (SSSR count). The molecule has 0 heterocycles. The molecule has 0 fully saturated rings. The third kappa shape index (κ3) is 8.71. The standard InChI is InChI=1S/C27H50O3Si2/c1-9-13-14-15-16-17-18-25(28)27(31(6,7)8)26(30-32(10-2,11-3)12-4)23-19-21-24(29-5)22-20-23/h19-22,25,28H,9-18H2,1-8H3/b27-26-. The molecule has 32 heavy (non-hydrogen) atoms. The zero-order valence-corrected chi connectivity index (χ0v) is 24.2. The zero-order chi connectivity index (χ0) is 24.2. The van der Waals surface area contributed by atoms with Crippen molar-refractivity contribution in [3.8, 4) is 5.75 Å². The predicted octanol–water partition coefficient (Wildman–Crippen LogP) is 8.42. The molecule has 0 saturated heterocycles. The van der Waals surface area contributed by atoms with Crippen molar-refractivity contribution in [2.45, 2.75) is 117 Å². The van der Waals surface area contributed by atoms with E-state index < -0.39 is 22.5 Å². The van der Waals surface area contributed by atoms with Gasteiger partial charge in [0.2, 0.25) is 8.32 Å². The van der Waals surface area contributed by atoms with E-state index in [-0.39, 0.29) is 0 Å². The smallest absolute Gasteiger partial charge is 0.250 e. The van der Waals surface area contributed by atoms with Gasteiger partial charge < -0.3 is 14.3 Å². The van der Waals surface area contributed by atoms with Crippen LogP contribution in [-0.4, -0.2) is 34.7 Å². The number of methoxy groups -OCH3 is 1. The fraction of sp³-hybridized carbons (Fsp3) is 0.704. The van der Waals surface area contributed by atoms with Gasteiger partial charge in [-0.2, -0.15) is 0 Å². The van der Waals surface area contributed by atoms with Crippen LogP contribution in [0.15, 0.2) is 29.5 Å². The van der Waals surface area contributed by atoms with Crippen molar-refractivity contribution in [1.82, 2.24) is 0 Å². The number of rotatable bonds is 16. The van der Waals surface area contributed by atoms with Gasteiger partial charge in [-0.05, 0) is 54.0 Å². The lowest BCUT2D eigenvalue weighted by molar-refractivity contribution is 0.200. The normalized spacial score (nSPS) is 14.2. The Morgan fingerprint density at radius 1 is 0.844 bits per heavy atom. The molecular weight excluding hydrogens is 428 g/mol. The molecule has 1 aromatic rings. The Hall–Kier alpha value is -1.05. The number of aliphatic hydroxyl groups excluding tert-OH is 1. The lowest BCUT2D eigenvalue weighted by Gasteiger charge is -2.36. The largest absolute Gasteiger partial charge is 0.543 e. The van der Waals surface area contributed by atoms with Crippen LogP contribution in [0.2, 0.25) is 37.8 Å². The topological polar surface area (TPSA) is 38.7 Å². The Labute approximate surface area is 200 Å². The van der Waals surface area contributed by atoms with E-state index in [9.17, 15) is 5.11 Å². The summed E-state index contributed by atoms with van der Waals surface area (Å²) in [6.07, 6.45) is 7.84. The molecule has 1 unspecified atom stereocenters. The summed E-state index contributed by atoms with van der Waals surface area (Å²) in [7, 11) is -2.05. The van der Waals surface area contributed by atoms with Crippen LogP contribution in [0.4, 0.5) is 0 Å². The highest BCUT2D eigenvalue weighted by Gasteiger charge is 2.36. The molecule has 0 spiro atoms. The Balaban J connectivity index is 3.37. The third-order valence-corrected chi connectivity index (χ3v) is 13.5. The highest BCUT2D eigenvalue weighted by molar-refractivity contribution is 6.84. The van der Waals surface area contributed by atoms with E-state index in [1.165, 1.54) is 37.3 Å². The second-order valence-electron chi connectivity index (χ2n) is 10.1. The molecule has 0 bridgehead atoms. The minimum atomic E-state index is -1.90. The molecule has 0 saturated carbocycles. The molecule has 0 aliphatic heterocycles. The molecule has 184 valence electrons. The summed E-state index contributed by atoms with van der Waals surface area (Å²) in [4.78, 5) is 0. The van der Waals surface area contributed by atoms with Crippen LogP contribution in [-0.2, 0) is 4.43 Å². The predicted molar refractivity (Wildman–Crippen MR) is 146 cm³/mol. The van der Waals surface area contributed by atoms with Crippen LogP contribution in [0, 0.1) is 0 Å². The first kappa shape index (κ1) is 29.0. The van der Waals surface area contributed by atoms with E-state index >= 15 is 0 Å². The van der Waals surface area contributed by atoms with Crippen LogP contribution < -0.4 is 4.74 Å². The van der Waals surface area contributed by atoms with Gasteiger partial charge in [-0.3, -0.25) is 0 Å². The molecule has 5 heteroatoms. The van der Waals surface area contributed by atoms with Gasteiger partial charge in [-0.1, -0.05) is 85.9 Å². The molecule has 1 aromatic carbocycles. The van der Waals surface area contributed by atoms with Gasteiger partial charge in [-0.25, -0.2) is 0 Å². The van der Waals surface area contributed by atoms with E-state index in [1.807, 2.05) is 12.1 Å². The van der Waals surface area contributed by atoms with Crippen molar-refractivity contribution >= 4 is 22.2 Å². The fourth-order valence-electron chi connectivity index (χ4n) is 4.45. The maximum Gasteiger partial charge on any atom is 0.250 e. The SMILES string of the molecule is CCCCCCCCC(O)/C(=C(/O[Si](CC)(CC)CC)c1ccc(OC)cc1)[Si](C)(C)C. The van der Waals surface area contributed by atoms with Crippen molar-refractivity contribution < 1.29 is 14.3 Å². The van der Waals surface area contributed by atoms with Crippen molar-refractivity contribution in [2.24, 2.45) is 0 Å². The number of unbranched alkanes of at least 4 members (excludes halogenated alkanes) is 5. The summed E-state index contributed by atoms with van der Waals surface area (Å²) in [5.74, 6) is 1.82. The summed E-state index contributed by atoms with van der Waals surface area (Å²) < 4.78 is 12.5. The third-order valence-electron chi connectivity index (χ3n) is 6.82. The van der Waals surface area contributed by atoms with Crippen molar-refractivity contribution in [2.75, 3.05) is 7.11 Å². The lowest BCUT2D eigenvalue weighted by Crippen LogP contribution is -2.39. The van der Waals surface area contributed by atoms with E-state index in [0.717, 1.165) is 48.0 Å². The number of aliphatic hydroxyl groups is 1. The van der Waals surface area contributed by atoms with Crippen molar-refractivity contribution in [1.29, 1.82) is 0 Å². The van der Waals surface area contributed by atoms with E-state index in [1.54, 1.807) is 7.11 Å². The molecule has 0 aliphatic rings. The van der Waals surface area contributed by atoms with E-state index in [4.69, 9.17) is 9.16 Å². The van der Waals surface area contributed by atoms with Gasteiger partial charge in [0, 0.05) is 5.56 Å². The van der Waals surface area contributed by atoms with Gasteiger partial charge in [0.1, 0.15) is 11.5 Å². The van der Waals surface area contributed by atoms with Crippen molar-refractivity contribution in [3.05, 3.63) is 35.0 Å². The van der Waals surface area contributed by atoms with Crippen LogP contribution in [0.1, 0.15) is 78.2 Å². The summed E-state index contributed by atoms with van der Waals surface area (Å²) >= 11 is 0. The molecule has 1 N–H and O–H groups in total. The van der Waals surface area contributed by atoms with Gasteiger partial charge >= 0.3 is 0 Å². The number of benzene rings is 1. The lowest BCUT2D eigenvalue weighted by atomic mass is 10.0. The first-order chi connectivity index (χ1) is 15.2. The van der Waals surface area contributed by atoms with Crippen LogP contribution in [0.25, 0.3) is 5.76 Å². The van der Waals surface area contributed by atoms with Crippen LogP contribution in [0.5, 0.6) is 5.75 Å². The summed E-state index contributed by atoms with van der Waals surface area (Å²) in [6, 6.07) is 11.5. The van der Waals surface area contributed by atoms with Gasteiger partial charge in [0.15, 0.2) is 0 Å². The summed E-state index contributed by atoms with van der Waals surface area (Å²) in [5.41, 5.74) is 1.08. The van der Waals surface area contributed by atoms with Crippen molar-refractivity contribution in [3.63, 3.8) is 0 Å². The highest BCUT2D eigenvalue weighted by atomic mass is 28.4. The summed E-state index contributed by atoms with van der Waals surface area (Å²) in [5, 5.41) is 12.7. The van der Waals surface area contributed by atoms with E-state index in [2.05, 4.69) is 59.5 Å². The highest BCUT2D eigenvalue weighted by Crippen LogP contribution is 2.37. The maximum atomic E-state index is 11.5. The van der Waals surface area contributed by atoms with Gasteiger partial charge in [0.05, 0.1) is 21.3 Å². The minimum Gasteiger partial charge on any atom is -0.543 e. The Morgan fingerprint density at radius 3 is 1.84 bits per heavy atom. The second-order valence-corrected chi connectivity index (χ2v) is 19.9. The summed E-state index contributed by atoms with van der Waals surface area (Å²) in [6.45, 7) is 16.1. The van der Waals surface area contributed by atoms with Gasteiger partial charge in [-0.15, -0.1) is 0 Å². The Kier molecular flexibility index (Phi) is 12.9. The number of ether oxygens (including phenoxy) is 1. The molecule has 0 amide bonds. The average molecular weight is 479 g/mol.